The van der Waals surface area contributed by atoms with Gasteiger partial charge in [-0.05, 0) is 30.3 Å². The van der Waals surface area contributed by atoms with Crippen molar-refractivity contribution in [2.24, 2.45) is 0 Å². The number of H-pyrrole nitrogens is 1. The first-order valence-electron chi connectivity index (χ1n) is 6.97. The Labute approximate surface area is 138 Å². The molecule has 128 valence electrons. The zero-order chi connectivity index (χ0) is 18.0. The summed E-state index contributed by atoms with van der Waals surface area (Å²) in [4.78, 5) is 29.4. The van der Waals surface area contributed by atoms with E-state index in [0.717, 1.165) is 0 Å². The van der Waals surface area contributed by atoms with Crippen molar-refractivity contribution < 1.29 is 17.9 Å². The van der Waals surface area contributed by atoms with E-state index in [1.165, 1.54) is 24.3 Å². The molecule has 0 saturated carbocycles. The number of benzene rings is 1. The van der Waals surface area contributed by atoms with E-state index < -0.39 is 23.1 Å². The Balaban J connectivity index is 1.93. The fraction of sp³-hybridized carbons (Fsp3) is 0.0625. The fourth-order valence-electron chi connectivity index (χ4n) is 2.08. The number of alkyl halides is 3. The van der Waals surface area contributed by atoms with Crippen LogP contribution in [-0.2, 0) is 6.18 Å². The molecule has 0 fully saturated rings. The molecule has 0 amide bonds. The van der Waals surface area contributed by atoms with Crippen molar-refractivity contribution >= 4 is 0 Å². The van der Waals surface area contributed by atoms with Crippen LogP contribution in [0.5, 0.6) is 11.6 Å². The molecule has 0 aliphatic carbocycles. The van der Waals surface area contributed by atoms with E-state index in [-0.39, 0.29) is 5.69 Å². The maximum absolute atomic E-state index is 12.6. The van der Waals surface area contributed by atoms with Crippen molar-refractivity contribution in [1.82, 2.24) is 14.5 Å². The summed E-state index contributed by atoms with van der Waals surface area (Å²) >= 11 is 0. The van der Waals surface area contributed by atoms with Crippen LogP contribution in [-0.4, -0.2) is 14.5 Å². The number of halogens is 3. The lowest BCUT2D eigenvalue weighted by Crippen LogP contribution is -2.35. The molecule has 3 aromatic rings. The molecule has 0 radical (unpaired) electrons. The molecule has 25 heavy (non-hydrogen) atoms. The van der Waals surface area contributed by atoms with E-state index in [4.69, 9.17) is 4.74 Å². The second-order valence-electron chi connectivity index (χ2n) is 4.92. The molecule has 0 aliphatic rings. The Morgan fingerprint density at radius 3 is 2.32 bits per heavy atom. The number of aromatic nitrogens is 3. The lowest BCUT2D eigenvalue weighted by Gasteiger charge is -2.09. The van der Waals surface area contributed by atoms with Crippen LogP contribution in [0.15, 0.2) is 64.3 Å². The Morgan fingerprint density at radius 2 is 1.76 bits per heavy atom. The van der Waals surface area contributed by atoms with Crippen molar-refractivity contribution in [2.45, 2.75) is 6.18 Å². The molecule has 0 bridgehead atoms. The van der Waals surface area contributed by atoms with Gasteiger partial charge in [0.1, 0.15) is 11.4 Å². The molecule has 0 saturated heterocycles. The maximum atomic E-state index is 12.6. The topological polar surface area (TPSA) is 77.0 Å². The van der Waals surface area contributed by atoms with Crippen LogP contribution < -0.4 is 16.0 Å². The summed E-state index contributed by atoms with van der Waals surface area (Å²) in [5.41, 5.74) is -3.56. The van der Waals surface area contributed by atoms with Crippen molar-refractivity contribution in [3.63, 3.8) is 0 Å². The van der Waals surface area contributed by atoms with Gasteiger partial charge in [0.05, 0.1) is 5.69 Å². The highest BCUT2D eigenvalue weighted by Gasteiger charge is 2.33. The number of rotatable bonds is 3. The minimum atomic E-state index is -4.81. The first kappa shape index (κ1) is 16.5. The normalized spacial score (nSPS) is 11.3. The summed E-state index contributed by atoms with van der Waals surface area (Å²) in [6.07, 6.45) is -3.26. The number of pyridine rings is 1. The third-order valence-corrected chi connectivity index (χ3v) is 3.19. The zero-order valence-electron chi connectivity index (χ0n) is 12.4. The quantitative estimate of drug-likeness (QED) is 0.789. The van der Waals surface area contributed by atoms with Crippen LogP contribution >= 0.6 is 0 Å². The number of nitrogens with zero attached hydrogens (tertiary/aromatic N) is 2. The lowest BCUT2D eigenvalue weighted by molar-refractivity contribution is -0.141. The highest BCUT2D eigenvalue weighted by Crippen LogP contribution is 2.25. The van der Waals surface area contributed by atoms with Gasteiger partial charge in [0.2, 0.25) is 5.88 Å². The molecule has 3 rings (SSSR count). The molecule has 9 heteroatoms. The molecule has 2 aromatic heterocycles. The summed E-state index contributed by atoms with van der Waals surface area (Å²) in [7, 11) is 0. The van der Waals surface area contributed by atoms with Gasteiger partial charge in [0, 0.05) is 18.3 Å². The van der Waals surface area contributed by atoms with Gasteiger partial charge in [-0.3, -0.25) is 4.79 Å². The van der Waals surface area contributed by atoms with Crippen LogP contribution in [0.2, 0.25) is 0 Å². The summed E-state index contributed by atoms with van der Waals surface area (Å²) in [5.74, 6) is 0.735. The molecule has 2 heterocycles. The predicted molar refractivity (Wildman–Crippen MR) is 82.0 cm³/mol. The van der Waals surface area contributed by atoms with Gasteiger partial charge in [-0.15, -0.1) is 0 Å². The number of ether oxygens (including phenoxy) is 1. The van der Waals surface area contributed by atoms with Gasteiger partial charge in [-0.1, -0.05) is 6.07 Å². The maximum Gasteiger partial charge on any atom is 0.431 e. The lowest BCUT2D eigenvalue weighted by atomic mass is 10.3. The Hall–Kier alpha value is -3.36. The van der Waals surface area contributed by atoms with Crippen LogP contribution in [0.1, 0.15) is 5.69 Å². The first-order valence-corrected chi connectivity index (χ1v) is 6.97. The molecule has 6 nitrogen and oxygen atoms in total. The SMILES string of the molecule is O=c1cc(C(F)(F)F)[nH]c(=O)n1-c1ccc(Oc2ccccn2)cc1. The summed E-state index contributed by atoms with van der Waals surface area (Å²) in [6.45, 7) is 0. The number of aromatic amines is 1. The van der Waals surface area contributed by atoms with Crippen LogP contribution in [0, 0.1) is 0 Å². The largest absolute Gasteiger partial charge is 0.439 e. The summed E-state index contributed by atoms with van der Waals surface area (Å²) < 4.78 is 43.9. The number of nitrogens with one attached hydrogen (secondary N) is 1. The van der Waals surface area contributed by atoms with Gasteiger partial charge in [-0.2, -0.15) is 13.2 Å². The highest BCUT2D eigenvalue weighted by molar-refractivity contribution is 5.38. The van der Waals surface area contributed by atoms with Gasteiger partial charge in [-0.25, -0.2) is 14.3 Å². The smallest absolute Gasteiger partial charge is 0.431 e. The molecule has 0 atom stereocenters. The van der Waals surface area contributed by atoms with Crippen LogP contribution in [0.4, 0.5) is 13.2 Å². The molecule has 0 spiro atoms. The Bertz CT molecular complexity index is 962. The van der Waals surface area contributed by atoms with Gasteiger partial charge in [0.25, 0.3) is 5.56 Å². The fourth-order valence-corrected chi connectivity index (χ4v) is 2.08. The Morgan fingerprint density at radius 1 is 1.04 bits per heavy atom. The standard InChI is InChI=1S/C16H10F3N3O3/c17-16(18,19)12-9-14(23)22(15(24)21-12)10-4-6-11(7-5-10)25-13-3-1-2-8-20-13/h1-9H,(H,21,24). The summed E-state index contributed by atoms with van der Waals surface area (Å²) in [5, 5.41) is 0. The van der Waals surface area contributed by atoms with Crippen LogP contribution in [0.25, 0.3) is 5.69 Å². The van der Waals surface area contributed by atoms with Crippen LogP contribution in [0.3, 0.4) is 0 Å². The molecule has 1 N–H and O–H groups in total. The van der Waals surface area contributed by atoms with E-state index in [1.807, 2.05) is 0 Å². The minimum absolute atomic E-state index is 0.105. The van der Waals surface area contributed by atoms with E-state index >= 15 is 0 Å². The van der Waals surface area contributed by atoms with Crippen molar-refractivity contribution in [3.05, 3.63) is 81.3 Å². The molecular weight excluding hydrogens is 339 g/mol. The van der Waals surface area contributed by atoms with Gasteiger partial charge < -0.3 is 9.72 Å². The molecule has 1 aromatic carbocycles. The zero-order valence-corrected chi connectivity index (χ0v) is 12.4. The minimum Gasteiger partial charge on any atom is -0.439 e. The van der Waals surface area contributed by atoms with Gasteiger partial charge >= 0.3 is 11.9 Å². The second-order valence-corrected chi connectivity index (χ2v) is 4.92. The van der Waals surface area contributed by atoms with E-state index in [9.17, 15) is 22.8 Å². The molecular formula is C16H10F3N3O3. The third kappa shape index (κ3) is 3.60. The monoisotopic (exact) mass is 349 g/mol. The number of hydrogen-bond acceptors (Lipinski definition) is 4. The Kier molecular flexibility index (Phi) is 4.14. The summed E-state index contributed by atoms with van der Waals surface area (Å²) in [6, 6.07) is 11.1. The molecule has 0 unspecified atom stereocenters. The average Bonchev–Trinajstić information content (AvgIpc) is 2.56. The first-order chi connectivity index (χ1) is 11.8. The van der Waals surface area contributed by atoms with Crippen molar-refractivity contribution in [2.75, 3.05) is 0 Å². The van der Waals surface area contributed by atoms with E-state index in [2.05, 4.69) is 4.98 Å². The van der Waals surface area contributed by atoms with E-state index in [0.29, 0.717) is 22.3 Å². The van der Waals surface area contributed by atoms with Crippen molar-refractivity contribution in [3.8, 4) is 17.3 Å². The van der Waals surface area contributed by atoms with Crippen molar-refractivity contribution in [1.29, 1.82) is 0 Å². The van der Waals surface area contributed by atoms with Gasteiger partial charge in [0.15, 0.2) is 0 Å². The second kappa shape index (κ2) is 6.27. The molecule has 0 aliphatic heterocycles. The third-order valence-electron chi connectivity index (χ3n) is 3.19. The van der Waals surface area contributed by atoms with E-state index in [1.54, 1.807) is 29.4 Å². The predicted octanol–water partition coefficient (Wildman–Crippen LogP) is 2.73. The number of hydrogen-bond donors (Lipinski definition) is 1. The highest BCUT2D eigenvalue weighted by atomic mass is 19.4. The average molecular weight is 349 g/mol.